The van der Waals surface area contributed by atoms with E-state index < -0.39 is 9.84 Å². The Morgan fingerprint density at radius 3 is 2.50 bits per heavy atom. The molecule has 0 atom stereocenters. The fourth-order valence-corrected chi connectivity index (χ4v) is 2.90. The summed E-state index contributed by atoms with van der Waals surface area (Å²) in [5.41, 5.74) is 0. The molecule has 0 spiro atoms. The average molecular weight is 190 g/mol. The van der Waals surface area contributed by atoms with Gasteiger partial charge in [0, 0.05) is 0 Å². The van der Waals surface area contributed by atoms with E-state index in [-0.39, 0.29) is 0 Å². The van der Waals surface area contributed by atoms with E-state index in [1.807, 2.05) is 0 Å². The first-order chi connectivity index (χ1) is 5.64. The summed E-state index contributed by atoms with van der Waals surface area (Å²) in [6.07, 6.45) is 2.87. The van der Waals surface area contributed by atoms with Crippen molar-refractivity contribution in [2.45, 2.75) is 12.8 Å². The Bertz CT molecular complexity index is 229. The second kappa shape index (κ2) is 3.94. The topological polar surface area (TPSA) is 43.4 Å². The van der Waals surface area contributed by atoms with Gasteiger partial charge in [-0.25, -0.2) is 8.42 Å². The van der Waals surface area contributed by atoms with Crippen molar-refractivity contribution in [3.8, 4) is 0 Å². The van der Waals surface area contributed by atoms with Gasteiger partial charge in [0.25, 0.3) is 0 Å². The molecule has 0 amide bonds. The lowest BCUT2D eigenvalue weighted by atomic mass is 10.0. The second-order valence-corrected chi connectivity index (χ2v) is 5.40. The largest absolute Gasteiger partial charge is 0.502 e. The molecule has 1 aliphatic rings. The molecule has 1 heterocycles. The first kappa shape index (κ1) is 9.58. The van der Waals surface area contributed by atoms with Crippen LogP contribution in [0.5, 0.6) is 0 Å². The summed E-state index contributed by atoms with van der Waals surface area (Å²) in [4.78, 5) is 0. The van der Waals surface area contributed by atoms with E-state index >= 15 is 0 Å². The van der Waals surface area contributed by atoms with Crippen LogP contribution >= 0.6 is 0 Å². The molecule has 0 bridgehead atoms. The molecule has 1 rings (SSSR count). The minimum absolute atomic E-state index is 0.318. The number of rotatable bonds is 3. The standard InChI is InChI=1S/C8H14O3S/c1-2-11-7-8-3-5-12(9,10)6-4-8/h2,8H,1,3-7H2. The fourth-order valence-electron chi connectivity index (χ4n) is 1.31. The predicted octanol–water partition coefficient (Wildman–Crippen LogP) is 0.971. The van der Waals surface area contributed by atoms with Crippen molar-refractivity contribution in [2.24, 2.45) is 5.92 Å². The zero-order chi connectivity index (χ0) is 9.03. The average Bonchev–Trinajstić information content (AvgIpc) is 2.03. The van der Waals surface area contributed by atoms with Gasteiger partial charge in [0.2, 0.25) is 0 Å². The van der Waals surface area contributed by atoms with Gasteiger partial charge in [-0.3, -0.25) is 0 Å². The Morgan fingerprint density at radius 1 is 1.42 bits per heavy atom. The van der Waals surface area contributed by atoms with Gasteiger partial charge in [-0.1, -0.05) is 6.58 Å². The van der Waals surface area contributed by atoms with Gasteiger partial charge < -0.3 is 4.74 Å². The van der Waals surface area contributed by atoms with Gasteiger partial charge in [-0.2, -0.15) is 0 Å². The summed E-state index contributed by atoms with van der Waals surface area (Å²) >= 11 is 0. The first-order valence-corrected chi connectivity index (χ1v) is 5.89. The molecule has 0 unspecified atom stereocenters. The van der Waals surface area contributed by atoms with Crippen molar-refractivity contribution in [1.82, 2.24) is 0 Å². The Labute approximate surface area is 73.3 Å². The molecule has 0 N–H and O–H groups in total. The van der Waals surface area contributed by atoms with Crippen LogP contribution in [0.3, 0.4) is 0 Å². The summed E-state index contributed by atoms with van der Waals surface area (Å²) in [5.74, 6) is 1.03. The third-order valence-corrected chi connectivity index (χ3v) is 3.84. The molecule has 70 valence electrons. The van der Waals surface area contributed by atoms with Crippen LogP contribution in [-0.2, 0) is 14.6 Å². The molecule has 0 aromatic carbocycles. The van der Waals surface area contributed by atoms with Gasteiger partial charge in [-0.15, -0.1) is 0 Å². The Kier molecular flexibility index (Phi) is 3.14. The molecule has 12 heavy (non-hydrogen) atoms. The maximum atomic E-state index is 11.0. The van der Waals surface area contributed by atoms with E-state index in [2.05, 4.69) is 6.58 Å². The van der Waals surface area contributed by atoms with Crippen molar-refractivity contribution in [1.29, 1.82) is 0 Å². The zero-order valence-corrected chi connectivity index (χ0v) is 7.85. The van der Waals surface area contributed by atoms with Crippen molar-refractivity contribution in [3.63, 3.8) is 0 Å². The number of ether oxygens (including phenoxy) is 1. The summed E-state index contributed by atoms with van der Waals surface area (Å²) in [5, 5.41) is 0. The number of hydrogen-bond donors (Lipinski definition) is 0. The maximum absolute atomic E-state index is 11.0. The van der Waals surface area contributed by atoms with Crippen molar-refractivity contribution < 1.29 is 13.2 Å². The highest BCUT2D eigenvalue weighted by molar-refractivity contribution is 7.91. The van der Waals surface area contributed by atoms with E-state index in [1.165, 1.54) is 6.26 Å². The summed E-state index contributed by atoms with van der Waals surface area (Å²) in [6.45, 7) is 4.04. The minimum Gasteiger partial charge on any atom is -0.502 e. The van der Waals surface area contributed by atoms with E-state index in [9.17, 15) is 8.42 Å². The van der Waals surface area contributed by atoms with Gasteiger partial charge in [0.1, 0.15) is 9.84 Å². The molecule has 0 saturated carbocycles. The molecule has 1 saturated heterocycles. The lowest BCUT2D eigenvalue weighted by molar-refractivity contribution is 0.187. The first-order valence-electron chi connectivity index (χ1n) is 4.07. The molecular weight excluding hydrogens is 176 g/mol. The molecule has 1 fully saturated rings. The molecule has 0 aliphatic carbocycles. The smallest absolute Gasteiger partial charge is 0.150 e. The molecule has 0 aromatic rings. The molecular formula is C8H14O3S. The van der Waals surface area contributed by atoms with Gasteiger partial charge in [0.05, 0.1) is 24.4 Å². The van der Waals surface area contributed by atoms with Crippen LogP contribution in [0.1, 0.15) is 12.8 Å². The summed E-state index contributed by atoms with van der Waals surface area (Å²) in [6, 6.07) is 0. The second-order valence-electron chi connectivity index (χ2n) is 3.10. The molecule has 1 aliphatic heterocycles. The monoisotopic (exact) mass is 190 g/mol. The third kappa shape index (κ3) is 2.85. The lowest BCUT2D eigenvalue weighted by Crippen LogP contribution is -2.25. The van der Waals surface area contributed by atoms with Crippen molar-refractivity contribution in [3.05, 3.63) is 12.8 Å². The maximum Gasteiger partial charge on any atom is 0.150 e. The SMILES string of the molecule is C=COCC1CCS(=O)(=O)CC1. The molecule has 3 nitrogen and oxygen atoms in total. The van der Waals surface area contributed by atoms with Gasteiger partial charge in [-0.05, 0) is 18.8 Å². The van der Waals surface area contributed by atoms with Crippen LogP contribution in [0.4, 0.5) is 0 Å². The lowest BCUT2D eigenvalue weighted by Gasteiger charge is -2.20. The van der Waals surface area contributed by atoms with Crippen LogP contribution in [0.25, 0.3) is 0 Å². The quantitative estimate of drug-likeness (QED) is 0.623. The summed E-state index contributed by atoms with van der Waals surface area (Å²) < 4.78 is 27.0. The Morgan fingerprint density at radius 2 is 2.00 bits per heavy atom. The minimum atomic E-state index is -2.72. The van der Waals surface area contributed by atoms with Gasteiger partial charge >= 0.3 is 0 Å². The molecule has 0 radical (unpaired) electrons. The highest BCUT2D eigenvalue weighted by atomic mass is 32.2. The third-order valence-electron chi connectivity index (χ3n) is 2.12. The Hall–Kier alpha value is -0.510. The van der Waals surface area contributed by atoms with Crippen LogP contribution in [0.15, 0.2) is 12.8 Å². The molecule has 4 heteroatoms. The van der Waals surface area contributed by atoms with E-state index in [4.69, 9.17) is 4.74 Å². The predicted molar refractivity (Wildman–Crippen MR) is 47.5 cm³/mol. The van der Waals surface area contributed by atoms with Crippen LogP contribution in [0, 0.1) is 5.92 Å². The number of sulfone groups is 1. The van der Waals surface area contributed by atoms with Crippen LogP contribution in [0.2, 0.25) is 0 Å². The van der Waals surface area contributed by atoms with Crippen LogP contribution in [-0.4, -0.2) is 26.5 Å². The van der Waals surface area contributed by atoms with E-state index in [0.717, 1.165) is 12.8 Å². The van der Waals surface area contributed by atoms with Gasteiger partial charge in [0.15, 0.2) is 0 Å². The van der Waals surface area contributed by atoms with Crippen molar-refractivity contribution in [2.75, 3.05) is 18.1 Å². The fraction of sp³-hybridized carbons (Fsp3) is 0.750. The normalized spacial score (nSPS) is 23.3. The van der Waals surface area contributed by atoms with E-state index in [0.29, 0.717) is 24.0 Å². The highest BCUT2D eigenvalue weighted by Gasteiger charge is 2.23. The summed E-state index contributed by atoms with van der Waals surface area (Å²) in [7, 11) is -2.72. The van der Waals surface area contributed by atoms with Crippen molar-refractivity contribution >= 4 is 9.84 Å². The zero-order valence-electron chi connectivity index (χ0n) is 7.03. The van der Waals surface area contributed by atoms with E-state index in [1.54, 1.807) is 0 Å². The molecule has 0 aromatic heterocycles. The highest BCUT2D eigenvalue weighted by Crippen LogP contribution is 2.18. The Balaban J connectivity index is 2.31. The number of hydrogen-bond acceptors (Lipinski definition) is 3. The van der Waals surface area contributed by atoms with Crippen LogP contribution < -0.4 is 0 Å².